The smallest absolute Gasteiger partial charge is 0.253 e. The van der Waals surface area contributed by atoms with Crippen molar-refractivity contribution in [3.63, 3.8) is 0 Å². The van der Waals surface area contributed by atoms with Crippen molar-refractivity contribution in [2.45, 2.75) is 12.8 Å². The van der Waals surface area contributed by atoms with E-state index in [1.807, 2.05) is 24.3 Å². The Labute approximate surface area is 193 Å². The fourth-order valence-electron chi connectivity index (χ4n) is 2.73. The summed E-state index contributed by atoms with van der Waals surface area (Å²) in [5, 5.41) is 9.29. The molecular formula is C21H20Cl2N4O3S. The fraction of sp³-hybridized carbons (Fsp3) is 0.238. The molecule has 0 saturated carbocycles. The molecule has 0 aliphatic rings. The van der Waals surface area contributed by atoms with Gasteiger partial charge < -0.3 is 16.0 Å². The zero-order valence-corrected chi connectivity index (χ0v) is 18.7. The second-order valence-electron chi connectivity index (χ2n) is 6.61. The molecule has 0 aliphatic heterocycles. The number of rotatable bonds is 9. The molecule has 3 aromatic rings. The lowest BCUT2D eigenvalue weighted by Crippen LogP contribution is -2.42. The highest BCUT2D eigenvalue weighted by atomic mass is 35.5. The number of hydrogen-bond acceptors (Lipinski definition) is 5. The van der Waals surface area contributed by atoms with Crippen LogP contribution in [-0.2, 0) is 16.0 Å². The van der Waals surface area contributed by atoms with Gasteiger partial charge in [-0.25, -0.2) is 4.98 Å². The largest absolute Gasteiger partial charge is 0.355 e. The van der Waals surface area contributed by atoms with E-state index in [0.29, 0.717) is 11.6 Å². The number of hydrogen-bond donors (Lipinski definition) is 3. The third-order valence-corrected chi connectivity index (χ3v) is 5.90. The third kappa shape index (κ3) is 6.92. The Morgan fingerprint density at radius 1 is 0.935 bits per heavy atom. The normalized spacial score (nSPS) is 10.6. The summed E-state index contributed by atoms with van der Waals surface area (Å²) < 4.78 is 1.15. The van der Waals surface area contributed by atoms with Crippen LogP contribution in [0, 0.1) is 0 Å². The minimum atomic E-state index is -0.504. The number of halogens is 2. The highest BCUT2D eigenvalue weighted by Crippen LogP contribution is 2.22. The van der Waals surface area contributed by atoms with Gasteiger partial charge in [0.15, 0.2) is 0 Å². The van der Waals surface area contributed by atoms with Gasteiger partial charge in [-0.15, -0.1) is 11.3 Å². The van der Waals surface area contributed by atoms with Crippen molar-refractivity contribution < 1.29 is 14.4 Å². The average Bonchev–Trinajstić information content (AvgIpc) is 3.16. The lowest BCUT2D eigenvalue weighted by molar-refractivity contribution is -0.125. The second-order valence-corrected chi connectivity index (χ2v) is 8.57. The van der Waals surface area contributed by atoms with Gasteiger partial charge in [-0.2, -0.15) is 0 Å². The molecular weight excluding hydrogens is 459 g/mol. The molecule has 162 valence electrons. The average molecular weight is 479 g/mol. The number of carbonyl (C=O) groups is 3. The predicted molar refractivity (Wildman–Crippen MR) is 123 cm³/mol. The summed E-state index contributed by atoms with van der Waals surface area (Å²) in [7, 11) is 0. The molecule has 0 radical (unpaired) electrons. The number of carbonyl (C=O) groups excluding carboxylic acids is 3. The Balaban J connectivity index is 1.30. The molecule has 0 unspecified atom stereocenters. The van der Waals surface area contributed by atoms with Crippen molar-refractivity contribution >= 4 is 62.5 Å². The monoisotopic (exact) mass is 478 g/mol. The number of benzene rings is 2. The Bertz CT molecular complexity index is 1070. The summed E-state index contributed by atoms with van der Waals surface area (Å²) in [6, 6.07) is 12.4. The molecule has 3 N–H and O–H groups in total. The molecule has 0 fully saturated rings. The van der Waals surface area contributed by atoms with Gasteiger partial charge in [-0.1, -0.05) is 35.3 Å². The number of para-hydroxylation sites is 1. The van der Waals surface area contributed by atoms with Gasteiger partial charge in [0.05, 0.1) is 38.9 Å². The van der Waals surface area contributed by atoms with E-state index in [1.165, 1.54) is 18.2 Å². The number of fused-ring (bicyclic) bond motifs is 1. The van der Waals surface area contributed by atoms with Crippen LogP contribution in [0.2, 0.25) is 10.0 Å². The maximum Gasteiger partial charge on any atom is 0.253 e. The minimum Gasteiger partial charge on any atom is -0.355 e. The zero-order valence-electron chi connectivity index (χ0n) is 16.4. The summed E-state index contributed by atoms with van der Waals surface area (Å²) in [5.74, 6) is -1.29. The van der Waals surface area contributed by atoms with Crippen molar-refractivity contribution in [3.05, 3.63) is 63.1 Å². The summed E-state index contributed by atoms with van der Waals surface area (Å²) in [4.78, 5) is 40.4. The molecule has 3 rings (SSSR count). The quantitative estimate of drug-likeness (QED) is 0.411. The number of amides is 3. The lowest BCUT2D eigenvalue weighted by Gasteiger charge is -2.08. The first-order chi connectivity index (χ1) is 14.9. The van der Waals surface area contributed by atoms with Crippen LogP contribution in [0.25, 0.3) is 10.2 Å². The minimum absolute atomic E-state index is 0.169. The Kier molecular flexibility index (Phi) is 8.22. The molecule has 0 atom stereocenters. The molecule has 1 aromatic heterocycles. The van der Waals surface area contributed by atoms with E-state index in [2.05, 4.69) is 20.9 Å². The van der Waals surface area contributed by atoms with Crippen LogP contribution < -0.4 is 16.0 Å². The van der Waals surface area contributed by atoms with Crippen LogP contribution in [-0.4, -0.2) is 42.3 Å². The molecule has 10 heteroatoms. The first-order valence-electron chi connectivity index (χ1n) is 9.53. The van der Waals surface area contributed by atoms with Crippen molar-refractivity contribution in [1.29, 1.82) is 0 Å². The van der Waals surface area contributed by atoms with E-state index in [1.54, 1.807) is 11.3 Å². The fourth-order valence-corrected chi connectivity index (χ4v) is 4.23. The Morgan fingerprint density at radius 3 is 2.45 bits per heavy atom. The second kappa shape index (κ2) is 11.1. The maximum atomic E-state index is 12.1. The standard InChI is InChI=1S/C21H20Cl2N4O3S/c22-13-7-8-14(15(23)10-13)21(30)26-12-19(29)25-11-18(28)24-9-3-6-20-27-16-4-1-2-5-17(16)31-20/h1-2,4-5,7-8,10H,3,6,9,11-12H2,(H,24,28)(H,25,29)(H,26,30). The summed E-state index contributed by atoms with van der Waals surface area (Å²) in [6.07, 6.45) is 1.52. The van der Waals surface area contributed by atoms with Crippen LogP contribution >= 0.6 is 34.5 Å². The summed E-state index contributed by atoms with van der Waals surface area (Å²) in [6.45, 7) is 0.0383. The molecule has 1 heterocycles. The molecule has 0 saturated heterocycles. The van der Waals surface area contributed by atoms with E-state index in [-0.39, 0.29) is 29.6 Å². The van der Waals surface area contributed by atoms with Crippen LogP contribution in [0.1, 0.15) is 21.8 Å². The molecule has 0 bridgehead atoms. The molecule has 2 aromatic carbocycles. The molecule has 7 nitrogen and oxygen atoms in total. The molecule has 3 amide bonds. The van der Waals surface area contributed by atoms with Crippen molar-refractivity contribution in [3.8, 4) is 0 Å². The van der Waals surface area contributed by atoms with Gasteiger partial charge in [0, 0.05) is 18.0 Å². The van der Waals surface area contributed by atoms with Crippen LogP contribution in [0.4, 0.5) is 0 Å². The van der Waals surface area contributed by atoms with Gasteiger partial charge >= 0.3 is 0 Å². The number of aryl methyl sites for hydroxylation is 1. The van der Waals surface area contributed by atoms with Gasteiger partial charge in [0.1, 0.15) is 0 Å². The Hall–Kier alpha value is -2.68. The highest BCUT2D eigenvalue weighted by Gasteiger charge is 2.12. The summed E-state index contributed by atoms with van der Waals surface area (Å²) in [5.41, 5.74) is 1.20. The number of thiazole rings is 1. The van der Waals surface area contributed by atoms with Gasteiger partial charge in [-0.05, 0) is 36.8 Å². The van der Waals surface area contributed by atoms with Crippen molar-refractivity contribution in [2.75, 3.05) is 19.6 Å². The number of nitrogens with one attached hydrogen (secondary N) is 3. The van der Waals surface area contributed by atoms with Crippen molar-refractivity contribution in [1.82, 2.24) is 20.9 Å². The molecule has 0 aliphatic carbocycles. The highest BCUT2D eigenvalue weighted by molar-refractivity contribution is 7.18. The van der Waals surface area contributed by atoms with Gasteiger partial charge in [0.2, 0.25) is 11.8 Å². The third-order valence-electron chi connectivity index (χ3n) is 4.26. The van der Waals surface area contributed by atoms with Crippen LogP contribution in [0.3, 0.4) is 0 Å². The van der Waals surface area contributed by atoms with Crippen LogP contribution in [0.5, 0.6) is 0 Å². The van der Waals surface area contributed by atoms with Gasteiger partial charge in [0.25, 0.3) is 5.91 Å². The van der Waals surface area contributed by atoms with E-state index in [0.717, 1.165) is 28.1 Å². The molecule has 0 spiro atoms. The maximum absolute atomic E-state index is 12.1. The lowest BCUT2D eigenvalue weighted by atomic mass is 10.2. The van der Waals surface area contributed by atoms with E-state index in [4.69, 9.17) is 23.2 Å². The first kappa shape index (κ1) is 23.0. The number of nitrogens with zero attached hydrogens (tertiary/aromatic N) is 1. The summed E-state index contributed by atoms with van der Waals surface area (Å²) >= 11 is 13.4. The Morgan fingerprint density at radius 2 is 1.68 bits per heavy atom. The molecule has 31 heavy (non-hydrogen) atoms. The SMILES string of the molecule is O=C(CNC(=O)CNC(=O)c1ccc(Cl)cc1Cl)NCCCc1nc2ccccc2s1. The van der Waals surface area contributed by atoms with E-state index in [9.17, 15) is 14.4 Å². The van der Waals surface area contributed by atoms with Gasteiger partial charge in [-0.3, -0.25) is 14.4 Å². The van der Waals surface area contributed by atoms with Crippen molar-refractivity contribution in [2.24, 2.45) is 0 Å². The number of aromatic nitrogens is 1. The van der Waals surface area contributed by atoms with E-state index >= 15 is 0 Å². The first-order valence-corrected chi connectivity index (χ1v) is 11.1. The zero-order chi connectivity index (χ0) is 22.2. The van der Waals surface area contributed by atoms with E-state index < -0.39 is 11.8 Å². The topological polar surface area (TPSA) is 100 Å². The van der Waals surface area contributed by atoms with Crippen LogP contribution in [0.15, 0.2) is 42.5 Å². The predicted octanol–water partition coefficient (Wildman–Crippen LogP) is 3.20.